The van der Waals surface area contributed by atoms with Crippen LogP contribution < -0.4 is 10.6 Å². The summed E-state index contributed by atoms with van der Waals surface area (Å²) in [5.74, 6) is 1.13. The van der Waals surface area contributed by atoms with Crippen molar-refractivity contribution >= 4 is 51.8 Å². The van der Waals surface area contributed by atoms with Gasteiger partial charge in [0.15, 0.2) is 5.13 Å². The van der Waals surface area contributed by atoms with E-state index in [2.05, 4.69) is 20.6 Å². The lowest BCUT2D eigenvalue weighted by atomic mass is 10.1. The summed E-state index contributed by atoms with van der Waals surface area (Å²) >= 11 is 3.00. The zero-order valence-electron chi connectivity index (χ0n) is 19.5. The summed E-state index contributed by atoms with van der Waals surface area (Å²) in [5.41, 5.74) is 2.13. The predicted molar refractivity (Wildman–Crippen MR) is 138 cm³/mol. The van der Waals surface area contributed by atoms with Gasteiger partial charge in [-0.1, -0.05) is 23.5 Å². The molecule has 1 saturated heterocycles. The topological polar surface area (TPSA) is 108 Å². The molecule has 4 rings (SSSR count). The molecule has 0 aliphatic carbocycles. The van der Waals surface area contributed by atoms with Crippen molar-refractivity contribution in [2.24, 2.45) is 0 Å². The third kappa shape index (κ3) is 6.37. The van der Waals surface area contributed by atoms with Gasteiger partial charge in [0.25, 0.3) is 11.8 Å². The number of benzene rings is 1. The van der Waals surface area contributed by atoms with E-state index in [1.807, 2.05) is 24.3 Å². The van der Waals surface area contributed by atoms with Crippen molar-refractivity contribution < 1.29 is 14.4 Å². The van der Waals surface area contributed by atoms with Crippen LogP contribution in [0.5, 0.6) is 0 Å². The highest BCUT2D eigenvalue weighted by molar-refractivity contribution is 8.00. The van der Waals surface area contributed by atoms with Gasteiger partial charge < -0.3 is 15.1 Å². The number of hydrogen-bond donors (Lipinski definition) is 2. The highest BCUT2D eigenvalue weighted by Gasteiger charge is 2.23. The fourth-order valence-electron chi connectivity index (χ4n) is 3.58. The monoisotopic (exact) mass is 510 g/mol. The van der Waals surface area contributed by atoms with Gasteiger partial charge >= 0.3 is 0 Å². The number of carbonyl (C=O) groups is 3. The molecular formula is C24H26N6O3S2. The smallest absolute Gasteiger partial charge is 0.259 e. The van der Waals surface area contributed by atoms with Crippen molar-refractivity contribution in [1.82, 2.24) is 19.8 Å². The summed E-state index contributed by atoms with van der Waals surface area (Å²) in [6.45, 7) is 3.78. The Morgan fingerprint density at radius 2 is 1.77 bits per heavy atom. The van der Waals surface area contributed by atoms with Crippen molar-refractivity contribution in [3.05, 3.63) is 65.5 Å². The normalized spacial score (nSPS) is 13.4. The molecule has 3 aromatic rings. The van der Waals surface area contributed by atoms with E-state index in [9.17, 15) is 14.4 Å². The first kappa shape index (κ1) is 24.7. The predicted octanol–water partition coefficient (Wildman–Crippen LogP) is 3.43. The largest absolute Gasteiger partial charge is 0.373 e. The molecule has 0 spiro atoms. The molecular weight excluding hydrogens is 484 g/mol. The molecule has 0 atom stereocenters. The molecule has 0 bridgehead atoms. The van der Waals surface area contributed by atoms with Gasteiger partial charge in [0.1, 0.15) is 5.82 Å². The molecule has 11 heteroatoms. The van der Waals surface area contributed by atoms with Crippen molar-refractivity contribution in [2.75, 3.05) is 43.9 Å². The number of thioether (sulfide) groups is 1. The van der Waals surface area contributed by atoms with Crippen molar-refractivity contribution in [2.45, 2.75) is 16.9 Å². The minimum atomic E-state index is -0.263. The second-order valence-corrected chi connectivity index (χ2v) is 10.2. The molecule has 182 valence electrons. The second-order valence-electron chi connectivity index (χ2n) is 7.91. The number of carbonyl (C=O) groups excluding carboxylic acids is 3. The average molecular weight is 511 g/mol. The van der Waals surface area contributed by atoms with Crippen LogP contribution in [0.2, 0.25) is 0 Å². The number of piperazine rings is 1. The molecule has 1 fully saturated rings. The zero-order valence-corrected chi connectivity index (χ0v) is 21.1. The molecule has 1 aromatic carbocycles. The molecule has 0 unspecified atom stereocenters. The molecule has 2 aromatic heterocycles. The van der Waals surface area contributed by atoms with Crippen LogP contribution in [0, 0.1) is 0 Å². The Morgan fingerprint density at radius 1 is 1.00 bits per heavy atom. The Morgan fingerprint density at radius 3 is 2.46 bits per heavy atom. The number of aromatic nitrogens is 2. The van der Waals surface area contributed by atoms with E-state index in [1.165, 1.54) is 17.5 Å². The maximum Gasteiger partial charge on any atom is 0.259 e. The third-order valence-electron chi connectivity index (χ3n) is 5.55. The minimum absolute atomic E-state index is 0.0138. The van der Waals surface area contributed by atoms with Gasteiger partial charge in [-0.3, -0.25) is 19.7 Å². The Hall–Kier alpha value is -3.44. The van der Waals surface area contributed by atoms with Crippen molar-refractivity contribution in [3.63, 3.8) is 0 Å². The summed E-state index contributed by atoms with van der Waals surface area (Å²) in [7, 11) is 1.77. The summed E-state index contributed by atoms with van der Waals surface area (Å²) < 4.78 is 0.959. The summed E-state index contributed by atoms with van der Waals surface area (Å²) in [4.78, 5) is 48.9. The Bertz CT molecular complexity index is 1210. The van der Waals surface area contributed by atoms with Gasteiger partial charge in [0.05, 0.1) is 16.0 Å². The van der Waals surface area contributed by atoms with E-state index in [0.29, 0.717) is 54.0 Å². The van der Waals surface area contributed by atoms with Crippen LogP contribution in [0.3, 0.4) is 0 Å². The number of thiazole rings is 1. The molecule has 2 N–H and O–H groups in total. The summed E-state index contributed by atoms with van der Waals surface area (Å²) in [6.07, 6.45) is 3.25. The Labute approximate surface area is 211 Å². The van der Waals surface area contributed by atoms with E-state index in [0.717, 1.165) is 9.77 Å². The van der Waals surface area contributed by atoms with Crippen LogP contribution in [-0.2, 0) is 10.5 Å². The highest BCUT2D eigenvalue weighted by Crippen LogP contribution is 2.31. The van der Waals surface area contributed by atoms with Gasteiger partial charge in [-0.15, -0.1) is 11.8 Å². The first-order chi connectivity index (χ1) is 16.9. The molecule has 3 heterocycles. The minimum Gasteiger partial charge on any atom is -0.373 e. The molecule has 9 nitrogen and oxygen atoms in total. The molecule has 0 saturated carbocycles. The molecule has 1 aliphatic rings. The summed E-state index contributed by atoms with van der Waals surface area (Å²) in [6, 6.07) is 11.1. The van der Waals surface area contributed by atoms with Crippen LogP contribution >= 0.6 is 23.1 Å². The average Bonchev–Trinajstić information content (AvgIpc) is 3.34. The lowest BCUT2D eigenvalue weighted by Crippen LogP contribution is -2.50. The molecule has 3 amide bonds. The molecule has 1 aliphatic heterocycles. The molecule has 0 radical (unpaired) electrons. The maximum absolute atomic E-state index is 12.9. The van der Waals surface area contributed by atoms with E-state index >= 15 is 0 Å². The van der Waals surface area contributed by atoms with Crippen LogP contribution in [0.25, 0.3) is 0 Å². The van der Waals surface area contributed by atoms with E-state index in [-0.39, 0.29) is 17.7 Å². The second kappa shape index (κ2) is 11.3. The Kier molecular flexibility index (Phi) is 7.98. The fourth-order valence-corrected chi connectivity index (χ4v) is 5.39. The van der Waals surface area contributed by atoms with Crippen LogP contribution in [-0.4, -0.2) is 70.7 Å². The lowest BCUT2D eigenvalue weighted by Gasteiger charge is -2.34. The molecule has 35 heavy (non-hydrogen) atoms. The number of nitrogens with zero attached hydrogens (tertiary/aromatic N) is 4. The lowest BCUT2D eigenvalue weighted by molar-refractivity contribution is -0.130. The number of nitrogens with one attached hydrogen (secondary N) is 2. The van der Waals surface area contributed by atoms with Gasteiger partial charge in [-0.2, -0.15) is 0 Å². The number of amides is 3. The number of anilines is 2. The van der Waals surface area contributed by atoms with E-state index < -0.39 is 0 Å². The van der Waals surface area contributed by atoms with Crippen molar-refractivity contribution in [1.29, 1.82) is 0 Å². The van der Waals surface area contributed by atoms with Crippen molar-refractivity contribution in [3.8, 4) is 0 Å². The number of hydrogen-bond acceptors (Lipinski definition) is 8. The first-order valence-corrected chi connectivity index (χ1v) is 12.9. The van der Waals surface area contributed by atoms with Gasteiger partial charge in [-0.25, -0.2) is 9.97 Å². The first-order valence-electron chi connectivity index (χ1n) is 11.1. The SMILES string of the molecule is CNc1ccc(C(=O)Nc2ncc(SCc3cccc(C(=O)N4CCN(C(C)=O)CC4)c3)s2)cn1. The van der Waals surface area contributed by atoms with Crippen LogP contribution in [0.15, 0.2) is 53.0 Å². The zero-order chi connectivity index (χ0) is 24.8. The van der Waals surface area contributed by atoms with Crippen LogP contribution in [0.1, 0.15) is 33.2 Å². The fraction of sp³-hybridized carbons (Fsp3) is 0.292. The van der Waals surface area contributed by atoms with E-state index in [1.54, 1.807) is 53.9 Å². The number of pyridine rings is 1. The van der Waals surface area contributed by atoms with Gasteiger partial charge in [0, 0.05) is 57.7 Å². The Balaban J connectivity index is 1.31. The number of rotatable bonds is 7. The standard InChI is InChI=1S/C24H26N6O3S2/c1-16(31)29-8-10-30(11-9-29)23(33)18-5-3-4-17(12-18)15-34-21-14-27-24(35-21)28-22(32)19-6-7-20(25-2)26-13-19/h3-7,12-14H,8-11,15H2,1-2H3,(H,25,26)(H,27,28,32). The summed E-state index contributed by atoms with van der Waals surface area (Å²) in [5, 5.41) is 6.24. The maximum atomic E-state index is 12.9. The van der Waals surface area contributed by atoms with Gasteiger partial charge in [0.2, 0.25) is 5.91 Å². The highest BCUT2D eigenvalue weighted by atomic mass is 32.2. The van der Waals surface area contributed by atoms with Crippen LogP contribution in [0.4, 0.5) is 10.9 Å². The van der Waals surface area contributed by atoms with E-state index in [4.69, 9.17) is 0 Å². The quantitative estimate of drug-likeness (QED) is 0.469. The van der Waals surface area contributed by atoms with Gasteiger partial charge in [-0.05, 0) is 29.8 Å². The third-order valence-corrected chi connectivity index (χ3v) is 7.73.